The van der Waals surface area contributed by atoms with Crippen LogP contribution >= 0.6 is 0 Å². The maximum absolute atomic E-state index is 6.22. The fourth-order valence-electron chi connectivity index (χ4n) is 2.33. The van der Waals surface area contributed by atoms with Gasteiger partial charge in [-0.15, -0.1) is 0 Å². The lowest BCUT2D eigenvalue weighted by atomic mass is 10.2. The zero-order chi connectivity index (χ0) is 13.4. The number of nitrogens with zero attached hydrogens (tertiary/aromatic N) is 4. The third-order valence-corrected chi connectivity index (χ3v) is 3.23. The summed E-state index contributed by atoms with van der Waals surface area (Å²) in [5.74, 6) is 0.671. The second-order valence-corrected chi connectivity index (χ2v) is 4.70. The van der Waals surface area contributed by atoms with Gasteiger partial charge in [-0.1, -0.05) is 13.0 Å². The SMILES string of the molecule is CCCn1cc(-c2nc3cccc(C)n3c2N)cn1. The standard InChI is InChI=1S/C14H17N5/c1-3-7-18-9-11(8-16-18)13-14(15)19-10(2)5-4-6-12(19)17-13/h4-6,8-9H,3,7,15H2,1-2H3. The van der Waals surface area contributed by atoms with Crippen molar-refractivity contribution in [3.8, 4) is 11.3 Å². The Morgan fingerprint density at radius 3 is 2.89 bits per heavy atom. The summed E-state index contributed by atoms with van der Waals surface area (Å²) >= 11 is 0. The van der Waals surface area contributed by atoms with Gasteiger partial charge in [-0.05, 0) is 25.5 Å². The van der Waals surface area contributed by atoms with E-state index in [0.717, 1.165) is 35.6 Å². The minimum absolute atomic E-state index is 0.671. The van der Waals surface area contributed by atoms with Gasteiger partial charge in [-0.2, -0.15) is 5.10 Å². The van der Waals surface area contributed by atoms with Crippen LogP contribution in [0.2, 0.25) is 0 Å². The van der Waals surface area contributed by atoms with Gasteiger partial charge in [0.15, 0.2) is 0 Å². The van der Waals surface area contributed by atoms with Crippen LogP contribution in [-0.2, 0) is 6.54 Å². The Labute approximate surface area is 111 Å². The van der Waals surface area contributed by atoms with E-state index >= 15 is 0 Å². The molecule has 0 aromatic carbocycles. The molecule has 0 radical (unpaired) electrons. The number of imidazole rings is 1. The largest absolute Gasteiger partial charge is 0.383 e. The molecule has 2 N–H and O–H groups in total. The molecule has 5 nitrogen and oxygen atoms in total. The van der Waals surface area contributed by atoms with Crippen LogP contribution < -0.4 is 5.73 Å². The van der Waals surface area contributed by atoms with Crippen molar-refractivity contribution >= 4 is 11.5 Å². The maximum atomic E-state index is 6.22. The zero-order valence-electron chi connectivity index (χ0n) is 11.2. The monoisotopic (exact) mass is 255 g/mol. The van der Waals surface area contributed by atoms with E-state index in [2.05, 4.69) is 17.0 Å². The van der Waals surface area contributed by atoms with Gasteiger partial charge in [0.25, 0.3) is 0 Å². The number of hydrogen-bond acceptors (Lipinski definition) is 3. The molecule has 3 aromatic rings. The Morgan fingerprint density at radius 2 is 2.16 bits per heavy atom. The topological polar surface area (TPSA) is 61.1 Å². The fourth-order valence-corrected chi connectivity index (χ4v) is 2.33. The molecule has 0 aliphatic heterocycles. The molecule has 3 aromatic heterocycles. The quantitative estimate of drug-likeness (QED) is 0.782. The van der Waals surface area contributed by atoms with Crippen molar-refractivity contribution in [3.05, 3.63) is 36.3 Å². The van der Waals surface area contributed by atoms with Crippen LogP contribution in [0.1, 0.15) is 19.0 Å². The minimum Gasteiger partial charge on any atom is -0.383 e. The molecule has 0 amide bonds. The molecule has 0 atom stereocenters. The van der Waals surface area contributed by atoms with Crippen molar-refractivity contribution in [2.24, 2.45) is 0 Å². The van der Waals surface area contributed by atoms with Gasteiger partial charge in [0.05, 0.1) is 6.20 Å². The van der Waals surface area contributed by atoms with Gasteiger partial charge in [0, 0.05) is 24.0 Å². The van der Waals surface area contributed by atoms with Gasteiger partial charge < -0.3 is 5.73 Å². The van der Waals surface area contributed by atoms with Crippen LogP contribution in [0.15, 0.2) is 30.6 Å². The number of fused-ring (bicyclic) bond motifs is 1. The number of hydrogen-bond donors (Lipinski definition) is 1. The minimum atomic E-state index is 0.671. The summed E-state index contributed by atoms with van der Waals surface area (Å²) in [4.78, 5) is 4.60. The summed E-state index contributed by atoms with van der Waals surface area (Å²) < 4.78 is 3.89. The lowest BCUT2D eigenvalue weighted by Crippen LogP contribution is -1.97. The number of nitrogens with two attached hydrogens (primary N) is 1. The second-order valence-electron chi connectivity index (χ2n) is 4.70. The van der Waals surface area contributed by atoms with E-state index < -0.39 is 0 Å². The first-order valence-electron chi connectivity index (χ1n) is 6.47. The lowest BCUT2D eigenvalue weighted by molar-refractivity contribution is 0.603. The lowest BCUT2D eigenvalue weighted by Gasteiger charge is -2.00. The summed E-state index contributed by atoms with van der Waals surface area (Å²) in [6.45, 7) is 5.06. The molecule has 3 heterocycles. The molecule has 3 rings (SSSR count). The molecule has 0 saturated heterocycles. The van der Waals surface area contributed by atoms with Crippen LogP contribution in [0.4, 0.5) is 5.82 Å². The molecule has 0 aliphatic carbocycles. The summed E-state index contributed by atoms with van der Waals surface area (Å²) in [7, 11) is 0. The molecule has 0 fully saturated rings. The molecule has 0 bridgehead atoms. The Hall–Kier alpha value is -2.30. The molecular weight excluding hydrogens is 238 g/mol. The smallest absolute Gasteiger partial charge is 0.139 e. The highest BCUT2D eigenvalue weighted by atomic mass is 15.3. The summed E-state index contributed by atoms with van der Waals surface area (Å²) in [5, 5.41) is 4.33. The van der Waals surface area contributed by atoms with Crippen LogP contribution in [0.25, 0.3) is 16.9 Å². The van der Waals surface area contributed by atoms with Gasteiger partial charge in [-0.25, -0.2) is 4.98 Å². The van der Waals surface area contributed by atoms with Crippen molar-refractivity contribution in [2.45, 2.75) is 26.8 Å². The van der Waals surface area contributed by atoms with Crippen molar-refractivity contribution in [3.63, 3.8) is 0 Å². The van der Waals surface area contributed by atoms with Crippen LogP contribution in [0, 0.1) is 6.92 Å². The van der Waals surface area contributed by atoms with Crippen molar-refractivity contribution < 1.29 is 0 Å². The predicted octanol–water partition coefficient (Wildman–Crippen LogP) is 2.50. The normalized spacial score (nSPS) is 11.3. The molecule has 5 heteroatoms. The van der Waals surface area contributed by atoms with Gasteiger partial charge in [-0.3, -0.25) is 9.08 Å². The predicted molar refractivity (Wildman–Crippen MR) is 75.9 cm³/mol. The van der Waals surface area contributed by atoms with E-state index in [1.165, 1.54) is 0 Å². The van der Waals surface area contributed by atoms with E-state index in [-0.39, 0.29) is 0 Å². The Balaban J connectivity index is 2.14. The van der Waals surface area contributed by atoms with E-state index in [0.29, 0.717) is 5.82 Å². The van der Waals surface area contributed by atoms with Crippen LogP contribution in [-0.4, -0.2) is 19.2 Å². The highest BCUT2D eigenvalue weighted by molar-refractivity contribution is 5.74. The Bertz CT molecular complexity index is 723. The summed E-state index contributed by atoms with van der Waals surface area (Å²) in [6.07, 6.45) is 4.88. The van der Waals surface area contributed by atoms with E-state index in [1.807, 2.05) is 46.6 Å². The molecular formula is C14H17N5. The Morgan fingerprint density at radius 1 is 1.32 bits per heavy atom. The van der Waals surface area contributed by atoms with E-state index in [1.54, 1.807) is 0 Å². The maximum Gasteiger partial charge on any atom is 0.139 e. The van der Waals surface area contributed by atoms with Gasteiger partial charge in [0.2, 0.25) is 0 Å². The Kier molecular flexibility index (Phi) is 2.74. The molecule has 0 aliphatic rings. The molecule has 0 spiro atoms. The number of aromatic nitrogens is 4. The third-order valence-electron chi connectivity index (χ3n) is 3.23. The van der Waals surface area contributed by atoms with Crippen molar-refractivity contribution in [2.75, 3.05) is 5.73 Å². The first-order chi connectivity index (χ1) is 9.20. The first-order valence-corrected chi connectivity index (χ1v) is 6.47. The second kappa shape index (κ2) is 4.42. The fraction of sp³-hybridized carbons (Fsp3) is 0.286. The van der Waals surface area contributed by atoms with Gasteiger partial charge >= 0.3 is 0 Å². The van der Waals surface area contributed by atoms with Crippen LogP contribution in [0.3, 0.4) is 0 Å². The van der Waals surface area contributed by atoms with Crippen molar-refractivity contribution in [1.29, 1.82) is 0 Å². The average molecular weight is 255 g/mol. The third kappa shape index (κ3) is 1.87. The number of aryl methyl sites for hydroxylation is 2. The highest BCUT2D eigenvalue weighted by Crippen LogP contribution is 2.26. The summed E-state index contributed by atoms with van der Waals surface area (Å²) in [5.41, 5.74) is 9.94. The molecule has 19 heavy (non-hydrogen) atoms. The first kappa shape index (κ1) is 11.8. The number of nitrogen functional groups attached to an aromatic ring is 1. The van der Waals surface area contributed by atoms with Crippen molar-refractivity contribution in [1.82, 2.24) is 19.2 Å². The van der Waals surface area contributed by atoms with E-state index in [4.69, 9.17) is 5.73 Å². The zero-order valence-corrected chi connectivity index (χ0v) is 11.2. The van der Waals surface area contributed by atoms with Gasteiger partial charge in [0.1, 0.15) is 17.2 Å². The average Bonchev–Trinajstić information content (AvgIpc) is 2.96. The highest BCUT2D eigenvalue weighted by Gasteiger charge is 2.13. The summed E-state index contributed by atoms with van der Waals surface area (Å²) in [6, 6.07) is 5.97. The van der Waals surface area contributed by atoms with Crippen LogP contribution in [0.5, 0.6) is 0 Å². The number of anilines is 1. The number of pyridine rings is 1. The molecule has 0 unspecified atom stereocenters. The number of rotatable bonds is 3. The van der Waals surface area contributed by atoms with E-state index in [9.17, 15) is 0 Å². The molecule has 98 valence electrons. The molecule has 0 saturated carbocycles.